The van der Waals surface area contributed by atoms with Crippen LogP contribution in [0.3, 0.4) is 0 Å². The number of hydrogen-bond donors (Lipinski definition) is 3. The zero-order valence-electron chi connectivity index (χ0n) is 22.9. The molecule has 3 heterocycles. The Labute approximate surface area is 231 Å². The summed E-state index contributed by atoms with van der Waals surface area (Å²) in [6.45, 7) is 6.45. The van der Waals surface area contributed by atoms with Crippen LogP contribution < -0.4 is 10.6 Å². The lowest BCUT2D eigenvalue weighted by Crippen LogP contribution is -2.42. The number of aldehydes is 1. The topological polar surface area (TPSA) is 85.9 Å². The molecule has 1 aliphatic rings. The molecular weight excluding hydrogens is 484 g/mol. The summed E-state index contributed by atoms with van der Waals surface area (Å²) in [5.41, 5.74) is 5.60. The van der Waals surface area contributed by atoms with Gasteiger partial charge in [0.15, 0.2) is 0 Å². The SMILES string of the molecule is C[C@@H](Nc1ncnc2[nH]c(-c3ccc(CN4CCC(NCCCCCC=O)CC4)cc3)cc12)c1ccccc1. The quantitative estimate of drug-likeness (QED) is 0.144. The molecular formula is C32H40N6O. The van der Waals surface area contributed by atoms with Gasteiger partial charge in [-0.25, -0.2) is 9.97 Å². The highest BCUT2D eigenvalue weighted by molar-refractivity contribution is 5.91. The van der Waals surface area contributed by atoms with Gasteiger partial charge in [-0.1, -0.05) is 61.0 Å². The smallest absolute Gasteiger partial charge is 0.143 e. The van der Waals surface area contributed by atoms with Crippen LogP contribution in [0.25, 0.3) is 22.3 Å². The van der Waals surface area contributed by atoms with Crippen LogP contribution >= 0.6 is 0 Å². The minimum absolute atomic E-state index is 0.141. The Morgan fingerprint density at radius 1 is 1.03 bits per heavy atom. The Kier molecular flexibility index (Phi) is 9.35. The van der Waals surface area contributed by atoms with Crippen LogP contribution in [-0.2, 0) is 11.3 Å². The number of fused-ring (bicyclic) bond motifs is 1. The third kappa shape index (κ3) is 7.31. The number of benzene rings is 2. The van der Waals surface area contributed by atoms with Gasteiger partial charge in [0.2, 0.25) is 0 Å². The number of hydrogen-bond acceptors (Lipinski definition) is 6. The first-order valence-electron chi connectivity index (χ1n) is 14.3. The van der Waals surface area contributed by atoms with Crippen molar-refractivity contribution in [2.24, 2.45) is 0 Å². The van der Waals surface area contributed by atoms with E-state index >= 15 is 0 Å². The molecule has 1 fully saturated rings. The lowest BCUT2D eigenvalue weighted by Gasteiger charge is -2.32. The molecule has 2 aromatic carbocycles. The van der Waals surface area contributed by atoms with Gasteiger partial charge in [-0.2, -0.15) is 0 Å². The molecule has 0 unspecified atom stereocenters. The second kappa shape index (κ2) is 13.5. The molecule has 0 amide bonds. The third-order valence-corrected chi connectivity index (χ3v) is 7.77. The second-order valence-electron chi connectivity index (χ2n) is 10.7. The summed E-state index contributed by atoms with van der Waals surface area (Å²) in [5.74, 6) is 0.839. The second-order valence-corrected chi connectivity index (χ2v) is 10.7. The van der Waals surface area contributed by atoms with Crippen LogP contribution in [0, 0.1) is 0 Å². The maximum absolute atomic E-state index is 10.4. The van der Waals surface area contributed by atoms with Gasteiger partial charge in [-0.15, -0.1) is 0 Å². The van der Waals surface area contributed by atoms with Gasteiger partial charge < -0.3 is 20.4 Å². The molecule has 0 aliphatic carbocycles. The number of piperidine rings is 1. The first-order chi connectivity index (χ1) is 19.2. The summed E-state index contributed by atoms with van der Waals surface area (Å²) in [6.07, 6.45) is 9.04. The van der Waals surface area contributed by atoms with Crippen molar-refractivity contribution >= 4 is 23.1 Å². The Hall–Kier alpha value is -3.55. The lowest BCUT2D eigenvalue weighted by atomic mass is 10.0. The van der Waals surface area contributed by atoms with Crippen LogP contribution in [0.5, 0.6) is 0 Å². The van der Waals surface area contributed by atoms with Crippen LogP contribution in [-0.4, -0.2) is 51.8 Å². The van der Waals surface area contributed by atoms with E-state index in [1.54, 1.807) is 6.33 Å². The molecule has 4 aromatic rings. The van der Waals surface area contributed by atoms with E-state index in [2.05, 4.69) is 92.0 Å². The molecule has 204 valence electrons. The minimum Gasteiger partial charge on any atom is -0.363 e. The molecule has 0 saturated carbocycles. The number of carbonyl (C=O) groups is 1. The summed E-state index contributed by atoms with van der Waals surface area (Å²) < 4.78 is 0. The molecule has 1 atom stereocenters. The fourth-order valence-electron chi connectivity index (χ4n) is 5.42. The maximum Gasteiger partial charge on any atom is 0.143 e. The molecule has 0 radical (unpaired) electrons. The number of carbonyl (C=O) groups excluding carboxylic acids is 1. The normalized spacial score (nSPS) is 15.4. The first-order valence-corrected chi connectivity index (χ1v) is 14.3. The van der Waals surface area contributed by atoms with Gasteiger partial charge in [0.05, 0.1) is 5.39 Å². The van der Waals surface area contributed by atoms with Gasteiger partial charge in [0, 0.05) is 30.7 Å². The van der Waals surface area contributed by atoms with Crippen molar-refractivity contribution in [3.8, 4) is 11.3 Å². The molecule has 2 aromatic heterocycles. The number of unbranched alkanes of at least 4 members (excludes halogenated alkanes) is 3. The van der Waals surface area contributed by atoms with E-state index in [9.17, 15) is 4.79 Å². The minimum atomic E-state index is 0.141. The number of H-pyrrole nitrogens is 1. The Morgan fingerprint density at radius 3 is 2.59 bits per heavy atom. The molecule has 39 heavy (non-hydrogen) atoms. The summed E-state index contributed by atoms with van der Waals surface area (Å²) in [5, 5.41) is 8.26. The largest absolute Gasteiger partial charge is 0.363 e. The van der Waals surface area contributed by atoms with Crippen molar-refractivity contribution in [1.29, 1.82) is 0 Å². The Balaban J connectivity index is 1.14. The molecule has 3 N–H and O–H groups in total. The van der Waals surface area contributed by atoms with Crippen molar-refractivity contribution in [1.82, 2.24) is 25.2 Å². The number of likely N-dealkylation sites (tertiary alicyclic amines) is 1. The van der Waals surface area contributed by atoms with Crippen molar-refractivity contribution in [3.63, 3.8) is 0 Å². The van der Waals surface area contributed by atoms with Gasteiger partial charge in [0.25, 0.3) is 0 Å². The predicted molar refractivity (Wildman–Crippen MR) is 159 cm³/mol. The number of nitrogens with one attached hydrogen (secondary N) is 3. The molecule has 0 spiro atoms. The number of aromatic amines is 1. The average Bonchev–Trinajstić information content (AvgIpc) is 3.42. The molecule has 7 heteroatoms. The van der Waals surface area contributed by atoms with Gasteiger partial charge in [0.1, 0.15) is 24.1 Å². The van der Waals surface area contributed by atoms with E-state index < -0.39 is 0 Å². The van der Waals surface area contributed by atoms with Crippen LogP contribution in [0.15, 0.2) is 67.0 Å². The monoisotopic (exact) mass is 524 g/mol. The summed E-state index contributed by atoms with van der Waals surface area (Å²) in [6, 6.07) is 22.2. The summed E-state index contributed by atoms with van der Waals surface area (Å²) in [7, 11) is 0. The molecule has 0 bridgehead atoms. The number of anilines is 1. The lowest BCUT2D eigenvalue weighted by molar-refractivity contribution is -0.107. The van der Waals surface area contributed by atoms with E-state index in [1.807, 2.05) is 6.07 Å². The third-order valence-electron chi connectivity index (χ3n) is 7.77. The van der Waals surface area contributed by atoms with Crippen molar-refractivity contribution in [2.75, 3.05) is 25.0 Å². The zero-order chi connectivity index (χ0) is 26.9. The number of nitrogens with zero attached hydrogens (tertiary/aromatic N) is 3. The number of rotatable bonds is 13. The summed E-state index contributed by atoms with van der Waals surface area (Å²) in [4.78, 5) is 25.5. The van der Waals surface area contributed by atoms with E-state index in [1.165, 1.54) is 24.0 Å². The van der Waals surface area contributed by atoms with Gasteiger partial charge in [-0.3, -0.25) is 4.90 Å². The van der Waals surface area contributed by atoms with Crippen molar-refractivity contribution < 1.29 is 4.79 Å². The van der Waals surface area contributed by atoms with Gasteiger partial charge >= 0.3 is 0 Å². The number of aromatic nitrogens is 3. The predicted octanol–water partition coefficient (Wildman–Crippen LogP) is 6.11. The molecule has 7 nitrogen and oxygen atoms in total. The highest BCUT2D eigenvalue weighted by Gasteiger charge is 2.19. The fraction of sp³-hybridized carbons (Fsp3) is 0.406. The average molecular weight is 525 g/mol. The van der Waals surface area contributed by atoms with E-state index in [0.29, 0.717) is 12.5 Å². The van der Waals surface area contributed by atoms with Crippen LogP contribution in [0.4, 0.5) is 5.82 Å². The van der Waals surface area contributed by atoms with Crippen LogP contribution in [0.1, 0.15) is 62.6 Å². The van der Waals surface area contributed by atoms with Crippen LogP contribution in [0.2, 0.25) is 0 Å². The highest BCUT2D eigenvalue weighted by Crippen LogP contribution is 2.29. The highest BCUT2D eigenvalue weighted by atomic mass is 16.1. The molecule has 5 rings (SSSR count). The van der Waals surface area contributed by atoms with E-state index in [0.717, 1.165) is 79.8 Å². The maximum atomic E-state index is 10.4. The first kappa shape index (κ1) is 27.0. The standard InChI is InChI=1S/C32H40N6O/c1-24(26-9-5-4-6-10-26)36-31-29-21-30(37-32(29)35-23-34-31)27-13-11-25(12-14-27)22-38-18-15-28(16-19-38)33-17-7-2-3-8-20-39/h4-6,9-14,20-21,23-24,28,33H,2-3,7-8,15-19,22H2,1H3,(H2,34,35,36,37)/t24-/m1/s1. The van der Waals surface area contributed by atoms with Gasteiger partial charge in [-0.05, 0) is 75.0 Å². The van der Waals surface area contributed by atoms with E-state index in [-0.39, 0.29) is 6.04 Å². The Bertz CT molecular complexity index is 1310. The van der Waals surface area contributed by atoms with Crippen molar-refractivity contribution in [2.45, 2.75) is 64.1 Å². The van der Waals surface area contributed by atoms with Crippen molar-refractivity contribution in [3.05, 3.63) is 78.1 Å². The zero-order valence-corrected chi connectivity index (χ0v) is 22.9. The Morgan fingerprint density at radius 2 is 1.82 bits per heavy atom. The molecule has 1 aliphatic heterocycles. The fourth-order valence-corrected chi connectivity index (χ4v) is 5.42. The summed E-state index contributed by atoms with van der Waals surface area (Å²) >= 11 is 0. The van der Waals surface area contributed by atoms with E-state index in [4.69, 9.17) is 0 Å². The molecule has 1 saturated heterocycles.